The molecule has 1 atom stereocenters. The molecule has 0 aliphatic carbocycles. The molecule has 108 valence electrons. The van der Waals surface area contributed by atoms with Crippen molar-refractivity contribution in [1.29, 1.82) is 0 Å². The second-order valence-electron chi connectivity index (χ2n) is 5.16. The molecule has 1 fully saturated rings. The molecule has 20 heavy (non-hydrogen) atoms. The molecule has 1 saturated heterocycles. The topological polar surface area (TPSA) is 74.7 Å². The summed E-state index contributed by atoms with van der Waals surface area (Å²) in [4.78, 5) is 18.6. The maximum atomic E-state index is 12.7. The SMILES string of the molecule is O=C(c1cncc2c1CCNC2)N1CCOCC1CO. The number of pyridine rings is 1. The van der Waals surface area contributed by atoms with Gasteiger partial charge >= 0.3 is 0 Å². The molecule has 0 saturated carbocycles. The third-order valence-electron chi connectivity index (χ3n) is 3.94. The van der Waals surface area contributed by atoms with Crippen LogP contribution in [0.4, 0.5) is 0 Å². The van der Waals surface area contributed by atoms with Crippen molar-refractivity contribution in [2.45, 2.75) is 19.0 Å². The Morgan fingerprint density at radius 2 is 2.45 bits per heavy atom. The zero-order valence-corrected chi connectivity index (χ0v) is 11.3. The summed E-state index contributed by atoms with van der Waals surface area (Å²) in [6.07, 6.45) is 4.31. The first kappa shape index (κ1) is 13.5. The van der Waals surface area contributed by atoms with Crippen LogP contribution in [0.1, 0.15) is 21.5 Å². The fourth-order valence-electron chi connectivity index (χ4n) is 2.83. The number of fused-ring (bicyclic) bond motifs is 1. The average molecular weight is 277 g/mol. The molecule has 0 radical (unpaired) electrons. The minimum absolute atomic E-state index is 0.0430. The Bertz CT molecular complexity index is 506. The Labute approximate surface area is 117 Å². The van der Waals surface area contributed by atoms with Gasteiger partial charge in [-0.05, 0) is 24.1 Å². The van der Waals surface area contributed by atoms with E-state index < -0.39 is 0 Å². The molecule has 3 rings (SSSR count). The number of nitrogens with zero attached hydrogens (tertiary/aromatic N) is 2. The number of carbonyl (C=O) groups is 1. The fourth-order valence-corrected chi connectivity index (χ4v) is 2.83. The van der Waals surface area contributed by atoms with Gasteiger partial charge in [0.25, 0.3) is 5.91 Å². The lowest BCUT2D eigenvalue weighted by Gasteiger charge is -2.35. The molecule has 2 aliphatic heterocycles. The highest BCUT2D eigenvalue weighted by molar-refractivity contribution is 5.96. The molecule has 1 aromatic rings. The summed E-state index contributed by atoms with van der Waals surface area (Å²) >= 11 is 0. The quantitative estimate of drug-likeness (QED) is 0.766. The van der Waals surface area contributed by atoms with Crippen molar-refractivity contribution >= 4 is 5.91 Å². The highest BCUT2D eigenvalue weighted by Crippen LogP contribution is 2.20. The third kappa shape index (κ3) is 2.42. The van der Waals surface area contributed by atoms with Crippen molar-refractivity contribution in [3.05, 3.63) is 29.1 Å². The van der Waals surface area contributed by atoms with Gasteiger partial charge in [0.15, 0.2) is 0 Å². The summed E-state index contributed by atoms with van der Waals surface area (Å²) < 4.78 is 5.32. The molecular formula is C14H19N3O3. The van der Waals surface area contributed by atoms with Crippen LogP contribution in [0.2, 0.25) is 0 Å². The summed E-state index contributed by atoms with van der Waals surface area (Å²) in [6, 6.07) is -0.256. The summed E-state index contributed by atoms with van der Waals surface area (Å²) in [5.74, 6) is -0.0430. The molecule has 2 N–H and O–H groups in total. The van der Waals surface area contributed by atoms with Crippen LogP contribution in [0.5, 0.6) is 0 Å². The first-order valence-corrected chi connectivity index (χ1v) is 6.97. The summed E-state index contributed by atoms with van der Waals surface area (Å²) in [5.41, 5.74) is 2.85. The van der Waals surface area contributed by atoms with Gasteiger partial charge in [-0.1, -0.05) is 0 Å². The van der Waals surface area contributed by atoms with E-state index in [1.165, 1.54) is 0 Å². The zero-order chi connectivity index (χ0) is 13.9. The Hall–Kier alpha value is -1.50. The predicted octanol–water partition coefficient (Wildman–Crippen LogP) is -0.439. The molecule has 6 nitrogen and oxygen atoms in total. The number of hydrogen-bond acceptors (Lipinski definition) is 5. The van der Waals surface area contributed by atoms with E-state index in [0.29, 0.717) is 25.3 Å². The van der Waals surface area contributed by atoms with Crippen LogP contribution < -0.4 is 5.32 Å². The number of aromatic nitrogens is 1. The maximum Gasteiger partial charge on any atom is 0.256 e. The van der Waals surface area contributed by atoms with Gasteiger partial charge in [-0.2, -0.15) is 0 Å². The van der Waals surface area contributed by atoms with Crippen molar-refractivity contribution in [3.8, 4) is 0 Å². The summed E-state index contributed by atoms with van der Waals surface area (Å²) in [7, 11) is 0. The second-order valence-corrected chi connectivity index (χ2v) is 5.16. The van der Waals surface area contributed by atoms with E-state index in [4.69, 9.17) is 4.74 Å². The average Bonchev–Trinajstić information content (AvgIpc) is 2.53. The molecule has 3 heterocycles. The minimum atomic E-state index is -0.256. The monoisotopic (exact) mass is 277 g/mol. The van der Waals surface area contributed by atoms with E-state index in [-0.39, 0.29) is 18.6 Å². The van der Waals surface area contributed by atoms with Gasteiger partial charge in [0, 0.05) is 25.5 Å². The molecule has 0 aromatic carbocycles. The molecule has 2 aliphatic rings. The first-order valence-electron chi connectivity index (χ1n) is 6.97. The van der Waals surface area contributed by atoms with Crippen molar-refractivity contribution in [3.63, 3.8) is 0 Å². The van der Waals surface area contributed by atoms with Crippen LogP contribution in [0.3, 0.4) is 0 Å². The fraction of sp³-hybridized carbons (Fsp3) is 0.571. The molecule has 1 aromatic heterocycles. The zero-order valence-electron chi connectivity index (χ0n) is 11.3. The van der Waals surface area contributed by atoms with E-state index >= 15 is 0 Å². The van der Waals surface area contributed by atoms with Crippen molar-refractivity contribution in [2.75, 3.05) is 32.9 Å². The van der Waals surface area contributed by atoms with E-state index in [2.05, 4.69) is 10.3 Å². The molecular weight excluding hydrogens is 258 g/mol. The summed E-state index contributed by atoms with van der Waals surface area (Å²) in [6.45, 7) is 3.00. The van der Waals surface area contributed by atoms with Crippen molar-refractivity contribution in [1.82, 2.24) is 15.2 Å². The smallest absolute Gasteiger partial charge is 0.256 e. The molecule has 1 unspecified atom stereocenters. The number of aliphatic hydroxyl groups excluding tert-OH is 1. The predicted molar refractivity (Wildman–Crippen MR) is 72.4 cm³/mol. The maximum absolute atomic E-state index is 12.7. The standard InChI is InChI=1S/C14H19N3O3/c18-8-11-9-20-4-3-17(11)14(19)13-7-16-6-10-5-15-2-1-12(10)13/h6-7,11,15,18H,1-5,8-9H2. The number of ether oxygens (including phenoxy) is 1. The Kier molecular flexibility index (Phi) is 3.95. The molecule has 1 amide bonds. The van der Waals surface area contributed by atoms with Crippen LogP contribution in [-0.2, 0) is 17.7 Å². The number of carbonyl (C=O) groups excluding carboxylic acids is 1. The van der Waals surface area contributed by atoms with Gasteiger partial charge in [0.1, 0.15) is 0 Å². The molecule has 6 heteroatoms. The van der Waals surface area contributed by atoms with Crippen LogP contribution in [0.25, 0.3) is 0 Å². The summed E-state index contributed by atoms with van der Waals surface area (Å²) in [5, 5.41) is 12.7. The number of aliphatic hydroxyl groups is 1. The van der Waals surface area contributed by atoms with Gasteiger partial charge in [-0.25, -0.2) is 0 Å². The van der Waals surface area contributed by atoms with Gasteiger partial charge in [0.2, 0.25) is 0 Å². The highest BCUT2D eigenvalue weighted by Gasteiger charge is 2.29. The van der Waals surface area contributed by atoms with Crippen molar-refractivity contribution < 1.29 is 14.6 Å². The molecule has 0 spiro atoms. The first-order chi connectivity index (χ1) is 9.81. The van der Waals surface area contributed by atoms with Gasteiger partial charge < -0.3 is 20.1 Å². The van der Waals surface area contributed by atoms with E-state index in [9.17, 15) is 9.90 Å². The Balaban J connectivity index is 1.90. The van der Waals surface area contributed by atoms with E-state index in [0.717, 1.165) is 30.6 Å². The van der Waals surface area contributed by atoms with Gasteiger partial charge in [-0.3, -0.25) is 9.78 Å². The molecule has 0 bridgehead atoms. The van der Waals surface area contributed by atoms with E-state index in [1.807, 2.05) is 6.20 Å². The number of amides is 1. The van der Waals surface area contributed by atoms with Crippen molar-refractivity contribution in [2.24, 2.45) is 0 Å². The third-order valence-corrected chi connectivity index (χ3v) is 3.94. The Morgan fingerprint density at radius 1 is 1.55 bits per heavy atom. The van der Waals surface area contributed by atoms with Crippen LogP contribution in [0.15, 0.2) is 12.4 Å². The lowest BCUT2D eigenvalue weighted by molar-refractivity contribution is -0.0184. The van der Waals surface area contributed by atoms with Gasteiger partial charge in [-0.15, -0.1) is 0 Å². The highest BCUT2D eigenvalue weighted by atomic mass is 16.5. The number of nitrogens with one attached hydrogen (secondary N) is 1. The number of rotatable bonds is 2. The largest absolute Gasteiger partial charge is 0.394 e. The van der Waals surface area contributed by atoms with Crippen LogP contribution >= 0.6 is 0 Å². The normalized spacial score (nSPS) is 22.4. The lowest BCUT2D eigenvalue weighted by atomic mass is 9.97. The second kappa shape index (κ2) is 5.87. The number of hydrogen-bond donors (Lipinski definition) is 2. The van der Waals surface area contributed by atoms with Crippen LogP contribution in [-0.4, -0.2) is 59.8 Å². The van der Waals surface area contributed by atoms with Gasteiger partial charge in [0.05, 0.1) is 31.4 Å². The lowest BCUT2D eigenvalue weighted by Crippen LogP contribution is -2.50. The van der Waals surface area contributed by atoms with Crippen LogP contribution in [0, 0.1) is 0 Å². The Morgan fingerprint density at radius 3 is 3.30 bits per heavy atom. The minimum Gasteiger partial charge on any atom is -0.394 e. The van der Waals surface area contributed by atoms with E-state index in [1.54, 1.807) is 11.1 Å². The number of morpholine rings is 1.